The van der Waals surface area contributed by atoms with Crippen LogP contribution in [0.4, 0.5) is 0 Å². The molecule has 0 bridgehead atoms. The van der Waals surface area contributed by atoms with E-state index in [9.17, 15) is 13.5 Å². The second kappa shape index (κ2) is 6.85. The van der Waals surface area contributed by atoms with Crippen LogP contribution in [0.2, 0.25) is 10.0 Å². The average Bonchev–Trinajstić information content (AvgIpc) is 2.39. The molecule has 0 amide bonds. The summed E-state index contributed by atoms with van der Waals surface area (Å²) in [6.45, 7) is -0.336. The van der Waals surface area contributed by atoms with Gasteiger partial charge in [-0.15, -0.1) is 0 Å². The number of hydrogen-bond acceptors (Lipinski definition) is 4. The summed E-state index contributed by atoms with van der Waals surface area (Å²) in [5, 5.41) is 9.49. The van der Waals surface area contributed by atoms with Crippen molar-refractivity contribution in [1.29, 1.82) is 0 Å². The molecule has 0 radical (unpaired) electrons. The normalized spacial score (nSPS) is 20.1. The molecule has 2 rings (SSSR count). The van der Waals surface area contributed by atoms with Crippen LogP contribution in [-0.2, 0) is 16.6 Å². The molecule has 1 unspecified atom stereocenters. The van der Waals surface area contributed by atoms with Gasteiger partial charge in [0.05, 0.1) is 11.6 Å². The summed E-state index contributed by atoms with van der Waals surface area (Å²) in [5.74, 6) is 1.83. The van der Waals surface area contributed by atoms with Crippen molar-refractivity contribution in [2.75, 3.05) is 11.5 Å². The van der Waals surface area contributed by atoms with Gasteiger partial charge in [0.1, 0.15) is 4.90 Å². The molecule has 1 aliphatic rings. The van der Waals surface area contributed by atoms with E-state index in [0.29, 0.717) is 5.56 Å². The van der Waals surface area contributed by atoms with Crippen LogP contribution < -0.4 is 4.72 Å². The first-order chi connectivity index (χ1) is 9.44. The molecule has 1 heterocycles. The highest BCUT2D eigenvalue weighted by Gasteiger charge is 2.25. The van der Waals surface area contributed by atoms with E-state index in [4.69, 9.17) is 23.2 Å². The molecule has 0 spiro atoms. The summed E-state index contributed by atoms with van der Waals surface area (Å²) in [7, 11) is -3.70. The zero-order valence-corrected chi connectivity index (χ0v) is 13.7. The molecular weight excluding hydrogens is 341 g/mol. The van der Waals surface area contributed by atoms with Crippen molar-refractivity contribution in [3.05, 3.63) is 27.7 Å². The Morgan fingerprint density at radius 3 is 2.70 bits per heavy atom. The van der Waals surface area contributed by atoms with E-state index in [0.717, 1.165) is 24.3 Å². The Morgan fingerprint density at radius 2 is 2.10 bits per heavy atom. The number of halogens is 2. The molecule has 8 heteroatoms. The fourth-order valence-corrected chi connectivity index (χ4v) is 5.32. The summed E-state index contributed by atoms with van der Waals surface area (Å²) in [4.78, 5) is -0.0387. The zero-order valence-electron chi connectivity index (χ0n) is 10.6. The van der Waals surface area contributed by atoms with Crippen molar-refractivity contribution >= 4 is 45.0 Å². The zero-order chi connectivity index (χ0) is 14.8. The van der Waals surface area contributed by atoms with Crippen LogP contribution in [0.15, 0.2) is 17.0 Å². The summed E-state index contributed by atoms with van der Waals surface area (Å²) in [6.07, 6.45) is 1.82. The molecule has 1 aromatic rings. The van der Waals surface area contributed by atoms with E-state index in [-0.39, 0.29) is 27.6 Å². The lowest BCUT2D eigenvalue weighted by Crippen LogP contribution is -2.38. The summed E-state index contributed by atoms with van der Waals surface area (Å²) in [5.41, 5.74) is 0.342. The smallest absolute Gasteiger partial charge is 0.242 e. The maximum Gasteiger partial charge on any atom is 0.242 e. The van der Waals surface area contributed by atoms with E-state index in [1.165, 1.54) is 12.1 Å². The number of aliphatic hydroxyl groups excluding tert-OH is 1. The van der Waals surface area contributed by atoms with Gasteiger partial charge >= 0.3 is 0 Å². The van der Waals surface area contributed by atoms with E-state index in [1.54, 1.807) is 11.8 Å². The second-order valence-electron chi connectivity index (χ2n) is 4.57. The van der Waals surface area contributed by atoms with Gasteiger partial charge in [-0.05, 0) is 36.3 Å². The van der Waals surface area contributed by atoms with Crippen LogP contribution in [0.5, 0.6) is 0 Å². The minimum atomic E-state index is -3.70. The van der Waals surface area contributed by atoms with Gasteiger partial charge in [-0.3, -0.25) is 0 Å². The van der Waals surface area contributed by atoms with Crippen LogP contribution in [0.1, 0.15) is 18.4 Å². The Hall–Kier alpha value is 0.0200. The highest BCUT2D eigenvalue weighted by Crippen LogP contribution is 2.29. The predicted molar refractivity (Wildman–Crippen MR) is 83.1 cm³/mol. The number of sulfonamides is 1. The van der Waals surface area contributed by atoms with Crippen molar-refractivity contribution in [2.45, 2.75) is 30.4 Å². The lowest BCUT2D eigenvalue weighted by atomic mass is 10.2. The van der Waals surface area contributed by atoms with Crippen molar-refractivity contribution in [1.82, 2.24) is 4.72 Å². The third-order valence-corrected chi connectivity index (χ3v) is 6.60. The van der Waals surface area contributed by atoms with Crippen LogP contribution in [0.25, 0.3) is 0 Å². The topological polar surface area (TPSA) is 66.4 Å². The second-order valence-corrected chi connectivity index (χ2v) is 8.21. The van der Waals surface area contributed by atoms with Gasteiger partial charge in [-0.1, -0.05) is 23.2 Å². The van der Waals surface area contributed by atoms with Crippen molar-refractivity contribution in [3.63, 3.8) is 0 Å². The van der Waals surface area contributed by atoms with Gasteiger partial charge in [0.2, 0.25) is 10.0 Å². The van der Waals surface area contributed by atoms with E-state index < -0.39 is 10.0 Å². The SMILES string of the molecule is O=S(=O)(NC1CCCSC1)c1cc(CO)c(Cl)cc1Cl. The van der Waals surface area contributed by atoms with Crippen molar-refractivity contribution in [2.24, 2.45) is 0 Å². The number of hydrogen-bond donors (Lipinski definition) is 2. The third kappa shape index (κ3) is 3.81. The minimum absolute atomic E-state index is 0.0387. The van der Waals surface area contributed by atoms with Gasteiger partial charge in [0, 0.05) is 16.8 Å². The first-order valence-electron chi connectivity index (χ1n) is 6.13. The Labute approximate surface area is 132 Å². The average molecular weight is 356 g/mol. The maximum absolute atomic E-state index is 12.4. The molecular formula is C12H15Cl2NO3S2. The largest absolute Gasteiger partial charge is 0.392 e. The summed E-state index contributed by atoms with van der Waals surface area (Å²) >= 11 is 13.6. The number of aliphatic hydroxyl groups is 1. The maximum atomic E-state index is 12.4. The highest BCUT2D eigenvalue weighted by molar-refractivity contribution is 7.99. The van der Waals surface area contributed by atoms with Gasteiger partial charge in [0.15, 0.2) is 0 Å². The first kappa shape index (κ1) is 16.4. The Kier molecular flexibility index (Phi) is 5.62. The van der Waals surface area contributed by atoms with Gasteiger partial charge < -0.3 is 5.11 Å². The molecule has 0 saturated carbocycles. The van der Waals surface area contributed by atoms with Gasteiger partial charge in [0.25, 0.3) is 0 Å². The summed E-state index contributed by atoms with van der Waals surface area (Å²) in [6, 6.07) is 2.59. The van der Waals surface area contributed by atoms with Gasteiger partial charge in [-0.25, -0.2) is 13.1 Å². The molecule has 1 aromatic carbocycles. The van der Waals surface area contributed by atoms with Crippen LogP contribution in [-0.4, -0.2) is 31.1 Å². The molecule has 4 nitrogen and oxygen atoms in total. The quantitative estimate of drug-likeness (QED) is 0.871. The van der Waals surface area contributed by atoms with Crippen molar-refractivity contribution < 1.29 is 13.5 Å². The van der Waals surface area contributed by atoms with E-state index in [1.807, 2.05) is 0 Å². The first-order valence-corrected chi connectivity index (χ1v) is 9.52. The highest BCUT2D eigenvalue weighted by atomic mass is 35.5. The number of benzene rings is 1. The van der Waals surface area contributed by atoms with E-state index >= 15 is 0 Å². The monoisotopic (exact) mass is 355 g/mol. The predicted octanol–water partition coefficient (Wildman–Crippen LogP) is 2.66. The molecule has 20 heavy (non-hydrogen) atoms. The fraction of sp³-hybridized carbons (Fsp3) is 0.500. The van der Waals surface area contributed by atoms with Crippen LogP contribution in [0.3, 0.4) is 0 Å². The van der Waals surface area contributed by atoms with Gasteiger partial charge in [-0.2, -0.15) is 11.8 Å². The van der Waals surface area contributed by atoms with Crippen molar-refractivity contribution in [3.8, 4) is 0 Å². The molecule has 1 atom stereocenters. The Bertz CT molecular complexity index is 587. The molecule has 1 aliphatic heterocycles. The molecule has 1 saturated heterocycles. The third-order valence-electron chi connectivity index (χ3n) is 3.04. The lowest BCUT2D eigenvalue weighted by molar-refractivity contribution is 0.281. The van der Waals surface area contributed by atoms with Crippen LogP contribution >= 0.6 is 35.0 Å². The molecule has 0 aliphatic carbocycles. The van der Waals surface area contributed by atoms with E-state index in [2.05, 4.69) is 4.72 Å². The Morgan fingerprint density at radius 1 is 1.35 bits per heavy atom. The molecule has 0 aromatic heterocycles. The van der Waals surface area contributed by atoms with Crippen LogP contribution in [0, 0.1) is 0 Å². The standard InChI is InChI=1S/C12H15Cl2NO3S2/c13-10-5-11(14)12(4-8(10)6-16)20(17,18)15-9-2-1-3-19-7-9/h4-5,9,15-16H,1-3,6-7H2. The summed E-state index contributed by atoms with van der Waals surface area (Å²) < 4.78 is 27.4. The minimum Gasteiger partial charge on any atom is -0.392 e. The Balaban J connectivity index is 2.28. The fourth-order valence-electron chi connectivity index (χ4n) is 2.01. The lowest BCUT2D eigenvalue weighted by Gasteiger charge is -2.22. The number of rotatable bonds is 4. The number of nitrogens with one attached hydrogen (secondary N) is 1. The molecule has 112 valence electrons. The molecule has 1 fully saturated rings. The molecule has 2 N–H and O–H groups in total. The number of thioether (sulfide) groups is 1.